The monoisotopic (exact) mass is 218 g/mol. The van der Waals surface area contributed by atoms with Crippen molar-refractivity contribution in [3.63, 3.8) is 0 Å². The number of hydrogen-bond donors (Lipinski definition) is 1. The molecule has 0 spiro atoms. The number of para-hydroxylation sites is 1. The van der Waals surface area contributed by atoms with Gasteiger partial charge in [-0.2, -0.15) is 4.98 Å². The van der Waals surface area contributed by atoms with Gasteiger partial charge in [0.25, 0.3) is 5.56 Å². The van der Waals surface area contributed by atoms with Crippen molar-refractivity contribution in [2.75, 3.05) is 0 Å². The lowest BCUT2D eigenvalue weighted by atomic mass is 10.2. The van der Waals surface area contributed by atoms with E-state index in [-0.39, 0.29) is 12.1 Å². The molecule has 5 heteroatoms. The molecule has 0 fully saturated rings. The average molecular weight is 218 g/mol. The van der Waals surface area contributed by atoms with Crippen molar-refractivity contribution < 1.29 is 9.90 Å². The Morgan fingerprint density at radius 1 is 1.44 bits per heavy atom. The number of benzene rings is 1. The van der Waals surface area contributed by atoms with Gasteiger partial charge in [0.2, 0.25) is 0 Å². The topological polar surface area (TPSA) is 72.2 Å². The molecule has 0 unspecified atom stereocenters. The number of aryl methyl sites for hydroxylation is 1. The first-order valence-electron chi connectivity index (χ1n) is 4.77. The number of hydrogen-bond acceptors (Lipinski definition) is 3. The van der Waals surface area contributed by atoms with Gasteiger partial charge in [-0.25, -0.2) is 0 Å². The fourth-order valence-electron chi connectivity index (χ4n) is 1.67. The Labute approximate surface area is 91.0 Å². The van der Waals surface area contributed by atoms with Gasteiger partial charge in [-0.1, -0.05) is 12.1 Å². The summed E-state index contributed by atoms with van der Waals surface area (Å²) < 4.78 is 1.51. The number of rotatable bonds is 2. The summed E-state index contributed by atoms with van der Waals surface area (Å²) in [4.78, 5) is 26.1. The molecule has 0 atom stereocenters. The second-order valence-corrected chi connectivity index (χ2v) is 3.46. The molecule has 16 heavy (non-hydrogen) atoms. The van der Waals surface area contributed by atoms with Gasteiger partial charge < -0.3 is 9.67 Å². The molecule has 2 rings (SSSR count). The molecule has 0 radical (unpaired) electrons. The smallest absolute Gasteiger partial charge is 0.323 e. The van der Waals surface area contributed by atoms with Crippen LogP contribution in [0.2, 0.25) is 0 Å². The van der Waals surface area contributed by atoms with Crippen LogP contribution < -0.4 is 5.56 Å². The molecule has 1 aromatic heterocycles. The summed E-state index contributed by atoms with van der Waals surface area (Å²) in [5.74, 6) is -0.551. The van der Waals surface area contributed by atoms with Crippen LogP contribution in [0.1, 0.15) is 5.82 Å². The Kier molecular flexibility index (Phi) is 2.44. The lowest BCUT2D eigenvalue weighted by molar-refractivity contribution is -0.137. The van der Waals surface area contributed by atoms with E-state index in [0.717, 1.165) is 0 Å². The molecule has 5 nitrogen and oxygen atoms in total. The van der Waals surface area contributed by atoms with Crippen molar-refractivity contribution in [3.8, 4) is 0 Å². The second kappa shape index (κ2) is 3.77. The minimum atomic E-state index is -0.960. The summed E-state index contributed by atoms with van der Waals surface area (Å²) in [6.07, 6.45) is 0. The molecule has 2 aromatic rings. The Balaban J connectivity index is 2.81. The fraction of sp³-hybridized carbons (Fsp3) is 0.182. The van der Waals surface area contributed by atoms with Gasteiger partial charge in [0.15, 0.2) is 0 Å². The molecule has 0 aliphatic heterocycles. The summed E-state index contributed by atoms with van der Waals surface area (Å²) in [5, 5.41) is 9.23. The molecule has 1 aromatic carbocycles. The highest BCUT2D eigenvalue weighted by atomic mass is 16.4. The Morgan fingerprint density at radius 2 is 2.12 bits per heavy atom. The average Bonchev–Trinajstić information content (AvgIpc) is 2.24. The third-order valence-corrected chi connectivity index (χ3v) is 2.37. The zero-order valence-corrected chi connectivity index (χ0v) is 8.67. The van der Waals surface area contributed by atoms with Crippen molar-refractivity contribution in [2.24, 2.45) is 0 Å². The van der Waals surface area contributed by atoms with E-state index in [1.807, 2.05) is 0 Å². The first-order valence-corrected chi connectivity index (χ1v) is 4.77. The van der Waals surface area contributed by atoms with Crippen LogP contribution in [0, 0.1) is 6.92 Å². The van der Waals surface area contributed by atoms with E-state index < -0.39 is 5.97 Å². The lowest BCUT2D eigenvalue weighted by Gasteiger charge is -2.10. The van der Waals surface area contributed by atoms with Gasteiger partial charge in [0.1, 0.15) is 12.4 Å². The van der Waals surface area contributed by atoms with Crippen LogP contribution in [0.3, 0.4) is 0 Å². The maximum Gasteiger partial charge on any atom is 0.323 e. The Morgan fingerprint density at radius 3 is 2.81 bits per heavy atom. The van der Waals surface area contributed by atoms with Crippen LogP contribution >= 0.6 is 0 Å². The normalized spacial score (nSPS) is 10.6. The molecule has 1 N–H and O–H groups in total. The first-order chi connectivity index (χ1) is 7.59. The molecule has 0 amide bonds. The van der Waals surface area contributed by atoms with Crippen LogP contribution in [0.15, 0.2) is 29.1 Å². The van der Waals surface area contributed by atoms with E-state index in [9.17, 15) is 9.59 Å². The fourth-order valence-corrected chi connectivity index (χ4v) is 1.67. The Bertz CT molecular complexity index is 616. The molecule has 0 saturated carbocycles. The number of carboxylic acids is 1. The quantitative estimate of drug-likeness (QED) is 0.808. The van der Waals surface area contributed by atoms with Crippen LogP contribution in [0.25, 0.3) is 10.9 Å². The number of carbonyl (C=O) groups is 1. The number of fused-ring (bicyclic) bond motifs is 1. The minimum absolute atomic E-state index is 0.195. The van der Waals surface area contributed by atoms with Crippen molar-refractivity contribution >= 4 is 16.9 Å². The van der Waals surface area contributed by atoms with Crippen LogP contribution in [-0.2, 0) is 11.3 Å². The maximum absolute atomic E-state index is 11.6. The number of carboxylic acid groups (broad SMARTS) is 1. The van der Waals surface area contributed by atoms with Crippen LogP contribution in [-0.4, -0.2) is 20.6 Å². The second-order valence-electron chi connectivity index (χ2n) is 3.46. The largest absolute Gasteiger partial charge is 0.480 e. The van der Waals surface area contributed by atoms with E-state index in [2.05, 4.69) is 4.98 Å². The van der Waals surface area contributed by atoms with Crippen molar-refractivity contribution in [1.29, 1.82) is 0 Å². The maximum atomic E-state index is 11.6. The predicted molar refractivity (Wildman–Crippen MR) is 58.4 cm³/mol. The van der Waals surface area contributed by atoms with Crippen molar-refractivity contribution in [2.45, 2.75) is 13.5 Å². The van der Waals surface area contributed by atoms with Crippen LogP contribution in [0.5, 0.6) is 0 Å². The SMILES string of the molecule is Cc1nc(=O)c2ccccc2n1CC(=O)O. The summed E-state index contributed by atoms with van der Waals surface area (Å²) in [7, 11) is 0. The minimum Gasteiger partial charge on any atom is -0.480 e. The van der Waals surface area contributed by atoms with Gasteiger partial charge in [-0.15, -0.1) is 0 Å². The first kappa shape index (κ1) is 10.4. The van der Waals surface area contributed by atoms with Gasteiger partial charge >= 0.3 is 5.97 Å². The molecular formula is C11H10N2O3. The van der Waals surface area contributed by atoms with E-state index in [0.29, 0.717) is 16.7 Å². The highest BCUT2D eigenvalue weighted by Crippen LogP contribution is 2.10. The van der Waals surface area contributed by atoms with E-state index in [4.69, 9.17) is 5.11 Å². The number of nitrogens with zero attached hydrogens (tertiary/aromatic N) is 2. The summed E-state index contributed by atoms with van der Waals surface area (Å²) >= 11 is 0. The zero-order valence-electron chi connectivity index (χ0n) is 8.67. The van der Waals surface area contributed by atoms with Gasteiger partial charge in [-0.3, -0.25) is 9.59 Å². The highest BCUT2D eigenvalue weighted by Gasteiger charge is 2.09. The number of aromatic nitrogens is 2. The Hall–Kier alpha value is -2.17. The van der Waals surface area contributed by atoms with E-state index in [1.165, 1.54) is 4.57 Å². The molecule has 0 aliphatic rings. The van der Waals surface area contributed by atoms with Crippen molar-refractivity contribution in [3.05, 3.63) is 40.4 Å². The molecular weight excluding hydrogens is 208 g/mol. The van der Waals surface area contributed by atoms with E-state index >= 15 is 0 Å². The third-order valence-electron chi connectivity index (χ3n) is 2.37. The molecule has 0 bridgehead atoms. The summed E-state index contributed by atoms with van der Waals surface area (Å²) in [5.41, 5.74) is 0.275. The van der Waals surface area contributed by atoms with Crippen molar-refractivity contribution in [1.82, 2.24) is 9.55 Å². The summed E-state index contributed by atoms with van der Waals surface area (Å²) in [6, 6.07) is 6.85. The summed E-state index contributed by atoms with van der Waals surface area (Å²) in [6.45, 7) is 1.43. The standard InChI is InChI=1S/C11H10N2O3/c1-7-12-11(16)8-4-2-3-5-9(8)13(7)6-10(14)15/h2-5H,6H2,1H3,(H,14,15). The van der Waals surface area contributed by atoms with Gasteiger partial charge in [0.05, 0.1) is 10.9 Å². The molecule has 0 aliphatic carbocycles. The van der Waals surface area contributed by atoms with Gasteiger partial charge in [-0.05, 0) is 19.1 Å². The highest BCUT2D eigenvalue weighted by molar-refractivity contribution is 5.79. The zero-order chi connectivity index (χ0) is 11.7. The molecule has 82 valence electrons. The lowest BCUT2D eigenvalue weighted by Crippen LogP contribution is -2.20. The molecule has 0 saturated heterocycles. The van der Waals surface area contributed by atoms with Gasteiger partial charge in [0, 0.05) is 0 Å². The van der Waals surface area contributed by atoms with E-state index in [1.54, 1.807) is 31.2 Å². The third kappa shape index (κ3) is 1.67. The molecule has 1 heterocycles. The van der Waals surface area contributed by atoms with Crippen LogP contribution in [0.4, 0.5) is 0 Å². The predicted octanol–water partition coefficient (Wildman–Crippen LogP) is 0.790. The number of aliphatic carboxylic acids is 1.